The lowest BCUT2D eigenvalue weighted by Crippen LogP contribution is -2.21. The molecular weight excluding hydrogens is 174 g/mol. The minimum atomic E-state index is -0.113. The van der Waals surface area contributed by atoms with Gasteiger partial charge in [0.15, 0.2) is 0 Å². The molecule has 0 saturated heterocycles. The molecule has 0 bridgehead atoms. The molecule has 0 radical (unpaired) electrons. The van der Waals surface area contributed by atoms with E-state index in [1.54, 1.807) is 11.8 Å². The summed E-state index contributed by atoms with van der Waals surface area (Å²) in [6.45, 7) is 4.86. The monoisotopic (exact) mass is 191 g/mol. The van der Waals surface area contributed by atoms with Crippen LogP contribution in [0, 0.1) is 0 Å². The predicted octanol–water partition coefficient (Wildman–Crippen LogP) is 1.02. The Morgan fingerprint density at radius 2 is 2.25 bits per heavy atom. The van der Waals surface area contributed by atoms with Gasteiger partial charge in [-0.25, -0.2) is 0 Å². The van der Waals surface area contributed by atoms with E-state index in [0.29, 0.717) is 13.2 Å². The summed E-state index contributed by atoms with van der Waals surface area (Å²) in [5, 5.41) is -0.0338. The molecule has 0 fully saturated rings. The van der Waals surface area contributed by atoms with E-state index in [-0.39, 0.29) is 11.2 Å². The summed E-state index contributed by atoms with van der Waals surface area (Å²) in [7, 11) is 0. The van der Waals surface area contributed by atoms with Gasteiger partial charge < -0.3 is 10.5 Å². The van der Waals surface area contributed by atoms with E-state index in [4.69, 9.17) is 10.5 Å². The third kappa shape index (κ3) is 4.62. The van der Waals surface area contributed by atoms with Crippen LogP contribution >= 0.6 is 11.8 Å². The van der Waals surface area contributed by atoms with Gasteiger partial charge in [0, 0.05) is 12.3 Å². The maximum Gasteiger partial charge on any atom is 0.319 e. The Balaban J connectivity index is 3.71. The van der Waals surface area contributed by atoms with Crippen molar-refractivity contribution in [2.24, 2.45) is 5.73 Å². The van der Waals surface area contributed by atoms with Crippen LogP contribution in [0.25, 0.3) is 0 Å². The lowest BCUT2D eigenvalue weighted by molar-refractivity contribution is -0.142. The Hall–Kier alpha value is -0.220. The molecule has 0 heterocycles. The first-order chi connectivity index (χ1) is 5.76. The van der Waals surface area contributed by atoms with E-state index in [9.17, 15) is 4.79 Å². The number of carbonyl (C=O) groups is 1. The van der Waals surface area contributed by atoms with Gasteiger partial charge in [0.25, 0.3) is 0 Å². The predicted molar refractivity (Wildman–Crippen MR) is 52.2 cm³/mol. The topological polar surface area (TPSA) is 52.3 Å². The van der Waals surface area contributed by atoms with Crippen LogP contribution < -0.4 is 5.73 Å². The van der Waals surface area contributed by atoms with Crippen molar-refractivity contribution in [1.82, 2.24) is 0 Å². The van der Waals surface area contributed by atoms with Gasteiger partial charge in [0.2, 0.25) is 0 Å². The van der Waals surface area contributed by atoms with Crippen molar-refractivity contribution in [2.75, 3.05) is 18.9 Å². The SMILES string of the molecule is CCOC(=O)C(CC)SCCN. The zero-order valence-electron chi connectivity index (χ0n) is 7.71. The first-order valence-electron chi connectivity index (χ1n) is 4.24. The van der Waals surface area contributed by atoms with Gasteiger partial charge in [-0.3, -0.25) is 4.79 Å². The minimum Gasteiger partial charge on any atom is -0.465 e. The standard InChI is InChI=1S/C8H17NO2S/c1-3-7(12-6-5-9)8(10)11-4-2/h7H,3-6,9H2,1-2H3. The molecule has 0 aromatic carbocycles. The van der Waals surface area contributed by atoms with Crippen LogP contribution in [0.1, 0.15) is 20.3 Å². The first-order valence-corrected chi connectivity index (χ1v) is 5.29. The van der Waals surface area contributed by atoms with Crippen molar-refractivity contribution in [3.05, 3.63) is 0 Å². The van der Waals surface area contributed by atoms with Gasteiger partial charge in [-0.05, 0) is 13.3 Å². The van der Waals surface area contributed by atoms with Crippen LogP contribution in [-0.2, 0) is 9.53 Å². The van der Waals surface area contributed by atoms with Crippen molar-refractivity contribution in [1.29, 1.82) is 0 Å². The first kappa shape index (κ1) is 11.8. The fraction of sp³-hybridized carbons (Fsp3) is 0.875. The molecule has 4 heteroatoms. The van der Waals surface area contributed by atoms with Gasteiger partial charge in [-0.15, -0.1) is 11.8 Å². The van der Waals surface area contributed by atoms with E-state index in [2.05, 4.69) is 0 Å². The summed E-state index contributed by atoms with van der Waals surface area (Å²) in [6, 6.07) is 0. The second-order valence-corrected chi connectivity index (χ2v) is 3.62. The van der Waals surface area contributed by atoms with E-state index in [1.165, 1.54) is 0 Å². The number of hydrogen-bond acceptors (Lipinski definition) is 4. The van der Waals surface area contributed by atoms with Crippen LogP contribution in [0.3, 0.4) is 0 Å². The highest BCUT2D eigenvalue weighted by atomic mass is 32.2. The smallest absolute Gasteiger partial charge is 0.319 e. The number of esters is 1. The van der Waals surface area contributed by atoms with Gasteiger partial charge in [-0.2, -0.15) is 0 Å². The highest BCUT2D eigenvalue weighted by Gasteiger charge is 2.16. The summed E-state index contributed by atoms with van der Waals surface area (Å²) in [5.41, 5.74) is 5.33. The van der Waals surface area contributed by atoms with Crippen LogP contribution in [0.4, 0.5) is 0 Å². The van der Waals surface area contributed by atoms with Crippen molar-refractivity contribution < 1.29 is 9.53 Å². The highest BCUT2D eigenvalue weighted by Crippen LogP contribution is 2.15. The molecule has 0 aliphatic heterocycles. The average Bonchev–Trinajstić information content (AvgIpc) is 2.06. The van der Waals surface area contributed by atoms with Gasteiger partial charge in [0.1, 0.15) is 5.25 Å². The fourth-order valence-electron chi connectivity index (χ4n) is 0.798. The fourth-order valence-corrected chi connectivity index (χ4v) is 1.66. The van der Waals surface area contributed by atoms with Crippen LogP contribution in [0.15, 0.2) is 0 Å². The van der Waals surface area contributed by atoms with Gasteiger partial charge >= 0.3 is 5.97 Å². The Morgan fingerprint density at radius 1 is 1.58 bits per heavy atom. The summed E-state index contributed by atoms with van der Waals surface area (Å²) in [4.78, 5) is 11.2. The van der Waals surface area contributed by atoms with E-state index in [0.717, 1.165) is 12.2 Å². The number of thioether (sulfide) groups is 1. The molecule has 0 amide bonds. The number of ether oxygens (including phenoxy) is 1. The van der Waals surface area contributed by atoms with Crippen molar-refractivity contribution in [2.45, 2.75) is 25.5 Å². The largest absolute Gasteiger partial charge is 0.465 e. The molecule has 1 unspecified atom stereocenters. The van der Waals surface area contributed by atoms with Crippen molar-refractivity contribution >= 4 is 17.7 Å². The zero-order valence-corrected chi connectivity index (χ0v) is 8.52. The lowest BCUT2D eigenvalue weighted by atomic mass is 10.3. The highest BCUT2D eigenvalue weighted by molar-refractivity contribution is 8.00. The van der Waals surface area contributed by atoms with E-state index in [1.807, 2.05) is 13.8 Å². The molecule has 1 atom stereocenters. The van der Waals surface area contributed by atoms with Crippen molar-refractivity contribution in [3.8, 4) is 0 Å². The lowest BCUT2D eigenvalue weighted by Gasteiger charge is -2.11. The zero-order chi connectivity index (χ0) is 9.40. The molecule has 0 aliphatic rings. The molecule has 72 valence electrons. The average molecular weight is 191 g/mol. The van der Waals surface area contributed by atoms with Crippen molar-refractivity contribution in [3.63, 3.8) is 0 Å². The normalized spacial score (nSPS) is 12.6. The minimum absolute atomic E-state index is 0.0338. The molecule has 3 nitrogen and oxygen atoms in total. The Kier molecular flexibility index (Phi) is 7.29. The maximum absolute atomic E-state index is 11.2. The number of rotatable bonds is 6. The number of carbonyl (C=O) groups excluding carboxylic acids is 1. The summed E-state index contributed by atoms with van der Waals surface area (Å²) < 4.78 is 4.89. The molecule has 12 heavy (non-hydrogen) atoms. The molecular formula is C8H17NO2S. The van der Waals surface area contributed by atoms with E-state index < -0.39 is 0 Å². The molecule has 0 rings (SSSR count). The maximum atomic E-state index is 11.2. The van der Waals surface area contributed by atoms with Crippen LogP contribution in [0.5, 0.6) is 0 Å². The summed E-state index contributed by atoms with van der Waals surface area (Å²) in [6.07, 6.45) is 0.809. The van der Waals surface area contributed by atoms with Crippen LogP contribution in [0.2, 0.25) is 0 Å². The van der Waals surface area contributed by atoms with E-state index >= 15 is 0 Å². The molecule has 2 N–H and O–H groups in total. The Bertz CT molecular complexity index is 130. The molecule has 0 aliphatic carbocycles. The van der Waals surface area contributed by atoms with Crippen LogP contribution in [-0.4, -0.2) is 30.1 Å². The van der Waals surface area contributed by atoms with Gasteiger partial charge in [-0.1, -0.05) is 6.92 Å². The summed E-state index contributed by atoms with van der Waals surface area (Å²) >= 11 is 1.57. The van der Waals surface area contributed by atoms with Gasteiger partial charge in [0.05, 0.1) is 6.61 Å². The number of hydrogen-bond donors (Lipinski definition) is 1. The summed E-state index contributed by atoms with van der Waals surface area (Å²) in [5.74, 6) is 0.704. The molecule has 0 aromatic rings. The molecule has 0 spiro atoms. The third-order valence-electron chi connectivity index (χ3n) is 1.36. The second-order valence-electron chi connectivity index (χ2n) is 2.31. The quantitative estimate of drug-likeness (QED) is 0.637. The third-order valence-corrected chi connectivity index (χ3v) is 2.76. The Morgan fingerprint density at radius 3 is 2.67 bits per heavy atom. The number of nitrogens with two attached hydrogens (primary N) is 1. The second kappa shape index (κ2) is 7.43. The molecule has 0 saturated carbocycles. The molecule has 0 aromatic heterocycles. The Labute approximate surface area is 78.0 Å².